The van der Waals surface area contributed by atoms with Crippen molar-refractivity contribution in [3.8, 4) is 0 Å². The number of rotatable bonds is 4. The first-order chi connectivity index (χ1) is 11.9. The second-order valence-corrected chi connectivity index (χ2v) is 7.67. The van der Waals surface area contributed by atoms with Gasteiger partial charge in [-0.3, -0.25) is 5.43 Å². The van der Waals surface area contributed by atoms with Crippen LogP contribution in [0.2, 0.25) is 0 Å². The molecule has 4 atom stereocenters. The molecule has 6 nitrogen and oxygen atoms in total. The summed E-state index contributed by atoms with van der Waals surface area (Å²) in [4.78, 5) is 10.2. The first-order valence-electron chi connectivity index (χ1n) is 9.02. The molecule has 1 aliphatic carbocycles. The van der Waals surface area contributed by atoms with Gasteiger partial charge in [0.15, 0.2) is 0 Å². The number of nitrogens with zero attached hydrogens (tertiary/aromatic N) is 3. The highest BCUT2D eigenvalue weighted by molar-refractivity contribution is 5.44. The maximum Gasteiger partial charge on any atom is 0.282 e. The Morgan fingerprint density at radius 3 is 2.76 bits per heavy atom. The Labute approximate surface area is 146 Å². The molecule has 0 aromatic carbocycles. The molecule has 0 radical (unpaired) electrons. The molecule has 0 spiro atoms. The Balaban J connectivity index is 1.48. The summed E-state index contributed by atoms with van der Waals surface area (Å²) in [5, 5.41) is 0. The number of hydrogen-bond donors (Lipinski definition) is 2. The van der Waals surface area contributed by atoms with Crippen LogP contribution in [0, 0.1) is 5.92 Å². The third-order valence-corrected chi connectivity index (χ3v) is 5.33. The van der Waals surface area contributed by atoms with Crippen molar-refractivity contribution in [3.63, 3.8) is 0 Å². The monoisotopic (exact) mass is 353 g/mol. The lowest BCUT2D eigenvalue weighted by Crippen LogP contribution is -2.56. The van der Waals surface area contributed by atoms with E-state index in [4.69, 9.17) is 4.74 Å². The molecule has 4 unspecified atom stereocenters. The summed E-state index contributed by atoms with van der Waals surface area (Å²) in [6.07, 6.45) is 5.04. The van der Waals surface area contributed by atoms with E-state index in [0.29, 0.717) is 17.8 Å². The Morgan fingerprint density at radius 1 is 1.24 bits per heavy atom. The molecule has 1 saturated carbocycles. The van der Waals surface area contributed by atoms with Crippen LogP contribution in [0.1, 0.15) is 44.8 Å². The number of halogens is 2. The van der Waals surface area contributed by atoms with Crippen LogP contribution in [-0.2, 0) is 4.74 Å². The normalized spacial score (nSPS) is 34.0. The van der Waals surface area contributed by atoms with Crippen molar-refractivity contribution < 1.29 is 13.5 Å². The second-order valence-electron chi connectivity index (χ2n) is 7.67. The van der Waals surface area contributed by atoms with Crippen LogP contribution in [0.3, 0.4) is 0 Å². The SMILES string of the molecule is CC(C)OC1CCC2NNC(c3cc(N4CC(F)(F)C4)ncn3)C2C1. The molecule has 3 heterocycles. The highest BCUT2D eigenvalue weighted by atomic mass is 19.3. The molecule has 4 rings (SSSR count). The summed E-state index contributed by atoms with van der Waals surface area (Å²) in [5.74, 6) is -1.65. The van der Waals surface area contributed by atoms with Crippen LogP contribution in [0.5, 0.6) is 0 Å². The molecule has 8 heteroatoms. The summed E-state index contributed by atoms with van der Waals surface area (Å²) < 4.78 is 32.3. The maximum atomic E-state index is 13.1. The van der Waals surface area contributed by atoms with E-state index in [1.807, 2.05) is 6.07 Å². The summed E-state index contributed by atoms with van der Waals surface area (Å²) in [7, 11) is 0. The number of hydrazine groups is 1. The van der Waals surface area contributed by atoms with E-state index in [2.05, 4.69) is 34.7 Å². The van der Waals surface area contributed by atoms with E-state index in [-0.39, 0.29) is 31.3 Å². The number of nitrogens with one attached hydrogen (secondary N) is 2. The van der Waals surface area contributed by atoms with E-state index in [1.165, 1.54) is 6.33 Å². The van der Waals surface area contributed by atoms with Gasteiger partial charge in [-0.05, 0) is 33.1 Å². The number of fused-ring (bicyclic) bond motifs is 1. The summed E-state index contributed by atoms with van der Waals surface area (Å²) in [6, 6.07) is 2.28. The zero-order valence-electron chi connectivity index (χ0n) is 14.6. The van der Waals surface area contributed by atoms with Gasteiger partial charge in [0.2, 0.25) is 0 Å². The molecule has 3 fully saturated rings. The number of hydrogen-bond acceptors (Lipinski definition) is 6. The van der Waals surface area contributed by atoms with E-state index < -0.39 is 5.92 Å². The van der Waals surface area contributed by atoms with E-state index in [9.17, 15) is 8.78 Å². The van der Waals surface area contributed by atoms with Crippen LogP contribution >= 0.6 is 0 Å². The van der Waals surface area contributed by atoms with Crippen molar-refractivity contribution in [1.82, 2.24) is 20.8 Å². The second kappa shape index (κ2) is 6.41. The average Bonchev–Trinajstić information content (AvgIpc) is 2.95. The fourth-order valence-corrected chi connectivity index (χ4v) is 4.20. The molecule has 1 aromatic rings. The lowest BCUT2D eigenvalue weighted by atomic mass is 9.79. The zero-order valence-corrected chi connectivity index (χ0v) is 14.6. The smallest absolute Gasteiger partial charge is 0.282 e. The lowest BCUT2D eigenvalue weighted by Gasteiger charge is -2.39. The summed E-state index contributed by atoms with van der Waals surface area (Å²) >= 11 is 0. The van der Waals surface area contributed by atoms with E-state index in [0.717, 1.165) is 25.0 Å². The minimum atomic E-state index is -2.60. The van der Waals surface area contributed by atoms with Gasteiger partial charge >= 0.3 is 0 Å². The van der Waals surface area contributed by atoms with E-state index >= 15 is 0 Å². The van der Waals surface area contributed by atoms with Crippen molar-refractivity contribution in [1.29, 1.82) is 0 Å². The van der Waals surface area contributed by atoms with Crippen molar-refractivity contribution in [2.75, 3.05) is 18.0 Å². The van der Waals surface area contributed by atoms with Crippen LogP contribution in [0.4, 0.5) is 14.6 Å². The van der Waals surface area contributed by atoms with Gasteiger partial charge in [0.25, 0.3) is 5.92 Å². The van der Waals surface area contributed by atoms with Crippen molar-refractivity contribution in [2.24, 2.45) is 5.92 Å². The number of ether oxygens (including phenoxy) is 1. The Bertz CT molecular complexity index is 621. The first-order valence-corrected chi connectivity index (χ1v) is 9.02. The molecule has 0 amide bonds. The maximum absolute atomic E-state index is 13.1. The molecule has 1 aromatic heterocycles. The molecule has 3 aliphatic rings. The Morgan fingerprint density at radius 2 is 2.04 bits per heavy atom. The Hall–Kier alpha value is -1.38. The average molecular weight is 353 g/mol. The van der Waals surface area contributed by atoms with Gasteiger partial charge in [0.05, 0.1) is 37.0 Å². The number of alkyl halides is 2. The van der Waals surface area contributed by atoms with Crippen LogP contribution in [-0.4, -0.2) is 47.2 Å². The topological polar surface area (TPSA) is 62.3 Å². The fraction of sp³-hybridized carbons (Fsp3) is 0.765. The standard InChI is InChI=1S/C17H25F2N5O/c1-10(2)25-11-3-4-13-12(5-11)16(23-22-13)14-6-15(21-9-20-14)24-7-17(18,19)8-24/h6,9-13,16,22-23H,3-5,7-8H2,1-2H3. The number of aromatic nitrogens is 2. The third-order valence-electron chi connectivity index (χ3n) is 5.33. The number of anilines is 1. The molecule has 25 heavy (non-hydrogen) atoms. The van der Waals surface area contributed by atoms with Gasteiger partial charge in [0.1, 0.15) is 12.1 Å². The van der Waals surface area contributed by atoms with Gasteiger partial charge in [0, 0.05) is 18.0 Å². The molecule has 2 saturated heterocycles. The largest absolute Gasteiger partial charge is 0.376 e. The minimum Gasteiger partial charge on any atom is -0.376 e. The van der Waals surface area contributed by atoms with Crippen molar-refractivity contribution in [2.45, 2.75) is 63.3 Å². The van der Waals surface area contributed by atoms with Gasteiger partial charge < -0.3 is 9.64 Å². The zero-order chi connectivity index (χ0) is 17.6. The minimum absolute atomic E-state index is 0.0482. The molecule has 138 valence electrons. The van der Waals surface area contributed by atoms with Crippen molar-refractivity contribution in [3.05, 3.63) is 18.1 Å². The quantitative estimate of drug-likeness (QED) is 0.864. The lowest BCUT2D eigenvalue weighted by molar-refractivity contribution is -0.0281. The molecular formula is C17H25F2N5O. The van der Waals surface area contributed by atoms with Gasteiger partial charge in [-0.15, -0.1) is 0 Å². The van der Waals surface area contributed by atoms with Gasteiger partial charge in [-0.1, -0.05) is 0 Å². The Kier molecular flexibility index (Phi) is 4.37. The molecule has 0 bridgehead atoms. The van der Waals surface area contributed by atoms with Crippen molar-refractivity contribution >= 4 is 5.82 Å². The van der Waals surface area contributed by atoms with Crippen LogP contribution in [0.25, 0.3) is 0 Å². The highest BCUT2D eigenvalue weighted by Crippen LogP contribution is 2.39. The van der Waals surface area contributed by atoms with Gasteiger partial charge in [-0.2, -0.15) is 0 Å². The predicted octanol–water partition coefficient (Wildman–Crippen LogP) is 2.04. The highest BCUT2D eigenvalue weighted by Gasteiger charge is 2.45. The fourth-order valence-electron chi connectivity index (χ4n) is 4.20. The van der Waals surface area contributed by atoms with Crippen LogP contribution in [0.15, 0.2) is 12.4 Å². The third kappa shape index (κ3) is 3.47. The molecular weight excluding hydrogens is 328 g/mol. The summed E-state index contributed by atoms with van der Waals surface area (Å²) in [5.41, 5.74) is 7.57. The summed E-state index contributed by atoms with van der Waals surface area (Å²) in [6.45, 7) is 3.59. The first kappa shape index (κ1) is 17.1. The predicted molar refractivity (Wildman–Crippen MR) is 89.3 cm³/mol. The van der Waals surface area contributed by atoms with Crippen LogP contribution < -0.4 is 15.8 Å². The van der Waals surface area contributed by atoms with Gasteiger partial charge in [-0.25, -0.2) is 24.2 Å². The van der Waals surface area contributed by atoms with E-state index in [1.54, 1.807) is 4.90 Å². The molecule has 2 N–H and O–H groups in total. The molecule has 2 aliphatic heterocycles.